The lowest BCUT2D eigenvalue weighted by Gasteiger charge is -2.33. The van der Waals surface area contributed by atoms with Gasteiger partial charge in [-0.05, 0) is 36.1 Å². The van der Waals surface area contributed by atoms with Gasteiger partial charge in [0.1, 0.15) is 11.8 Å². The van der Waals surface area contributed by atoms with Crippen molar-refractivity contribution in [2.45, 2.75) is 38.0 Å². The molecule has 1 saturated heterocycles. The Balaban J connectivity index is 1.56. The lowest BCUT2D eigenvalue weighted by Crippen LogP contribution is -2.45. The highest BCUT2D eigenvalue weighted by Gasteiger charge is 2.42. The molecule has 2 atom stereocenters. The number of nitrogens with one attached hydrogen (secondary N) is 1. The summed E-state index contributed by atoms with van der Waals surface area (Å²) in [7, 11) is 3.19. The Labute approximate surface area is 183 Å². The standard InChI is InChI=1S/C24H30N4O3/c1-26-23(29)21-12-20(27-10-9-16-5-3-4-6-19(16)14-27)15-28(21)24(30)17-7-8-18(13-25)22(11-17)31-2/h3-8,11,20-21H,9-10,12-15,25H2,1-2H3,(H,26,29)/t20-,21-/m0/s1. The van der Waals surface area contributed by atoms with Gasteiger partial charge in [-0.3, -0.25) is 14.5 Å². The van der Waals surface area contributed by atoms with Gasteiger partial charge < -0.3 is 20.7 Å². The van der Waals surface area contributed by atoms with Crippen molar-refractivity contribution in [3.8, 4) is 5.75 Å². The monoisotopic (exact) mass is 422 g/mol. The van der Waals surface area contributed by atoms with Crippen molar-refractivity contribution in [2.24, 2.45) is 5.73 Å². The van der Waals surface area contributed by atoms with Gasteiger partial charge in [-0.1, -0.05) is 30.3 Å². The van der Waals surface area contributed by atoms with Crippen LogP contribution in [0.5, 0.6) is 5.75 Å². The molecule has 2 amide bonds. The molecule has 0 bridgehead atoms. The molecular weight excluding hydrogens is 392 g/mol. The summed E-state index contributed by atoms with van der Waals surface area (Å²) in [5.41, 5.74) is 9.82. The molecule has 3 N–H and O–H groups in total. The molecule has 2 aromatic rings. The van der Waals surface area contributed by atoms with Crippen LogP contribution in [0, 0.1) is 0 Å². The molecule has 0 spiro atoms. The third-order valence-electron chi connectivity index (χ3n) is 6.52. The van der Waals surface area contributed by atoms with E-state index in [2.05, 4.69) is 34.5 Å². The third-order valence-corrected chi connectivity index (χ3v) is 6.52. The van der Waals surface area contributed by atoms with Crippen LogP contribution in [-0.4, -0.2) is 60.9 Å². The minimum atomic E-state index is -0.486. The molecule has 2 aromatic carbocycles. The Bertz CT molecular complexity index is 977. The maximum atomic E-state index is 13.4. The molecule has 31 heavy (non-hydrogen) atoms. The summed E-state index contributed by atoms with van der Waals surface area (Å²) in [6, 6.07) is 13.5. The van der Waals surface area contributed by atoms with Crippen LogP contribution < -0.4 is 15.8 Å². The molecule has 0 aliphatic carbocycles. The van der Waals surface area contributed by atoms with Gasteiger partial charge in [0.15, 0.2) is 0 Å². The van der Waals surface area contributed by atoms with Crippen LogP contribution in [0.25, 0.3) is 0 Å². The SMILES string of the molecule is CNC(=O)[C@@H]1C[C@H](N2CCc3ccccc3C2)CN1C(=O)c1ccc(CN)c(OC)c1. The van der Waals surface area contributed by atoms with Crippen LogP contribution >= 0.6 is 0 Å². The minimum absolute atomic E-state index is 0.126. The second kappa shape index (κ2) is 9.08. The quantitative estimate of drug-likeness (QED) is 0.763. The highest BCUT2D eigenvalue weighted by molar-refractivity contribution is 5.98. The number of fused-ring (bicyclic) bond motifs is 1. The van der Waals surface area contributed by atoms with E-state index in [0.29, 0.717) is 30.8 Å². The number of nitrogens with two attached hydrogens (primary N) is 1. The first-order chi connectivity index (χ1) is 15.0. The maximum Gasteiger partial charge on any atom is 0.254 e. The van der Waals surface area contributed by atoms with Gasteiger partial charge in [0.25, 0.3) is 5.91 Å². The summed E-state index contributed by atoms with van der Waals surface area (Å²) in [4.78, 5) is 30.2. The topological polar surface area (TPSA) is 87.9 Å². The van der Waals surface area contributed by atoms with Crippen molar-refractivity contribution in [3.05, 3.63) is 64.7 Å². The number of likely N-dealkylation sites (N-methyl/N-ethyl adjacent to an activating group) is 1. The van der Waals surface area contributed by atoms with E-state index in [-0.39, 0.29) is 17.9 Å². The number of ether oxygens (including phenoxy) is 1. The normalized spacial score (nSPS) is 20.9. The number of likely N-dealkylation sites (tertiary alicyclic amines) is 1. The van der Waals surface area contributed by atoms with E-state index >= 15 is 0 Å². The van der Waals surface area contributed by atoms with Crippen LogP contribution in [0.2, 0.25) is 0 Å². The highest BCUT2D eigenvalue weighted by atomic mass is 16.5. The van der Waals surface area contributed by atoms with E-state index < -0.39 is 6.04 Å². The molecule has 164 valence electrons. The van der Waals surface area contributed by atoms with Gasteiger partial charge in [-0.15, -0.1) is 0 Å². The smallest absolute Gasteiger partial charge is 0.254 e. The number of methoxy groups -OCH3 is 1. The average Bonchev–Trinajstić information content (AvgIpc) is 3.27. The van der Waals surface area contributed by atoms with Crippen LogP contribution in [0.3, 0.4) is 0 Å². The Morgan fingerprint density at radius 1 is 1.19 bits per heavy atom. The number of hydrogen-bond donors (Lipinski definition) is 2. The van der Waals surface area contributed by atoms with Crippen LogP contribution in [0.4, 0.5) is 0 Å². The molecule has 2 aliphatic heterocycles. The minimum Gasteiger partial charge on any atom is -0.496 e. The van der Waals surface area contributed by atoms with Crippen molar-refractivity contribution >= 4 is 11.8 Å². The number of nitrogens with zero attached hydrogens (tertiary/aromatic N) is 2. The van der Waals surface area contributed by atoms with Gasteiger partial charge in [0.05, 0.1) is 7.11 Å². The molecule has 4 rings (SSSR count). The third kappa shape index (κ3) is 4.16. The van der Waals surface area contributed by atoms with Crippen LogP contribution in [-0.2, 0) is 24.3 Å². The first kappa shape index (κ1) is 21.3. The Kier molecular flexibility index (Phi) is 6.25. The largest absolute Gasteiger partial charge is 0.496 e. The fourth-order valence-electron chi connectivity index (χ4n) is 4.76. The Hall–Kier alpha value is -2.90. The highest BCUT2D eigenvalue weighted by Crippen LogP contribution is 2.30. The molecule has 2 aliphatic rings. The molecular formula is C24H30N4O3. The van der Waals surface area contributed by atoms with E-state index in [4.69, 9.17) is 10.5 Å². The van der Waals surface area contributed by atoms with E-state index in [1.54, 1.807) is 31.2 Å². The van der Waals surface area contributed by atoms with E-state index in [9.17, 15) is 9.59 Å². The van der Waals surface area contributed by atoms with E-state index in [1.807, 2.05) is 6.07 Å². The molecule has 0 unspecified atom stereocenters. The first-order valence-corrected chi connectivity index (χ1v) is 10.8. The van der Waals surface area contributed by atoms with Crippen molar-refractivity contribution in [1.29, 1.82) is 0 Å². The predicted molar refractivity (Wildman–Crippen MR) is 119 cm³/mol. The number of carbonyl (C=O) groups excluding carboxylic acids is 2. The first-order valence-electron chi connectivity index (χ1n) is 10.8. The molecule has 0 aromatic heterocycles. The fraction of sp³-hybridized carbons (Fsp3) is 0.417. The predicted octanol–water partition coefficient (Wildman–Crippen LogP) is 1.54. The summed E-state index contributed by atoms with van der Waals surface area (Å²) in [6.45, 7) is 2.65. The van der Waals surface area contributed by atoms with E-state index in [0.717, 1.165) is 25.1 Å². The van der Waals surface area contributed by atoms with Gasteiger partial charge in [0.2, 0.25) is 5.91 Å². The van der Waals surface area contributed by atoms with Crippen molar-refractivity contribution < 1.29 is 14.3 Å². The van der Waals surface area contributed by atoms with Crippen LogP contribution in [0.1, 0.15) is 33.5 Å². The maximum absolute atomic E-state index is 13.4. The number of hydrogen-bond acceptors (Lipinski definition) is 5. The summed E-state index contributed by atoms with van der Waals surface area (Å²) in [5.74, 6) is 0.308. The number of carbonyl (C=O) groups is 2. The lowest BCUT2D eigenvalue weighted by atomic mass is 9.98. The second-order valence-corrected chi connectivity index (χ2v) is 8.20. The molecule has 1 fully saturated rings. The van der Waals surface area contributed by atoms with Crippen LogP contribution in [0.15, 0.2) is 42.5 Å². The van der Waals surface area contributed by atoms with Gasteiger partial charge in [0, 0.05) is 50.4 Å². The van der Waals surface area contributed by atoms with Crippen molar-refractivity contribution in [3.63, 3.8) is 0 Å². The zero-order valence-electron chi connectivity index (χ0n) is 18.1. The van der Waals surface area contributed by atoms with Gasteiger partial charge in [-0.2, -0.15) is 0 Å². The zero-order chi connectivity index (χ0) is 22.0. The fourth-order valence-corrected chi connectivity index (χ4v) is 4.76. The molecule has 2 heterocycles. The Morgan fingerprint density at radius 2 is 1.97 bits per heavy atom. The number of benzene rings is 2. The second-order valence-electron chi connectivity index (χ2n) is 8.20. The van der Waals surface area contributed by atoms with Crippen molar-refractivity contribution in [1.82, 2.24) is 15.1 Å². The molecule has 7 heteroatoms. The number of amides is 2. The summed E-state index contributed by atoms with van der Waals surface area (Å²) in [6.07, 6.45) is 1.62. The van der Waals surface area contributed by atoms with Gasteiger partial charge in [-0.25, -0.2) is 0 Å². The summed E-state index contributed by atoms with van der Waals surface area (Å²) >= 11 is 0. The van der Waals surface area contributed by atoms with Crippen molar-refractivity contribution in [2.75, 3.05) is 27.2 Å². The molecule has 0 radical (unpaired) electrons. The number of rotatable bonds is 5. The van der Waals surface area contributed by atoms with Gasteiger partial charge >= 0.3 is 0 Å². The lowest BCUT2D eigenvalue weighted by molar-refractivity contribution is -0.124. The molecule has 7 nitrogen and oxygen atoms in total. The summed E-state index contributed by atoms with van der Waals surface area (Å²) < 4.78 is 5.40. The Morgan fingerprint density at radius 3 is 2.68 bits per heavy atom. The zero-order valence-corrected chi connectivity index (χ0v) is 18.1. The average molecular weight is 423 g/mol. The summed E-state index contributed by atoms with van der Waals surface area (Å²) in [5, 5.41) is 2.73. The van der Waals surface area contributed by atoms with E-state index in [1.165, 1.54) is 11.1 Å². The molecule has 0 saturated carbocycles.